The van der Waals surface area contributed by atoms with Gasteiger partial charge in [-0.2, -0.15) is 0 Å². The van der Waals surface area contributed by atoms with E-state index in [0.29, 0.717) is 5.76 Å². The molecule has 2 nitrogen and oxygen atoms in total. The maximum Gasteiger partial charge on any atom is 0.132 e. The summed E-state index contributed by atoms with van der Waals surface area (Å²) in [4.78, 5) is 0. The molecule has 16 heavy (non-hydrogen) atoms. The zero-order valence-electron chi connectivity index (χ0n) is 10.5. The van der Waals surface area contributed by atoms with E-state index in [1.54, 1.807) is 0 Å². The summed E-state index contributed by atoms with van der Waals surface area (Å²) < 4.78 is 5.39. The van der Waals surface area contributed by atoms with Crippen molar-refractivity contribution in [3.63, 3.8) is 0 Å². The Balaban J connectivity index is 2.09. The number of aliphatic hydroxyl groups excluding tert-OH is 1. The van der Waals surface area contributed by atoms with Gasteiger partial charge in [-0.1, -0.05) is 45.4 Å². The van der Waals surface area contributed by atoms with Gasteiger partial charge in [0.05, 0.1) is 0 Å². The molecule has 0 fully saturated rings. The minimum atomic E-state index is -0.417. The largest absolute Gasteiger partial charge is 0.464 e. The molecule has 0 bridgehead atoms. The van der Waals surface area contributed by atoms with E-state index in [0.717, 1.165) is 18.6 Å². The number of hydrogen-bond donors (Lipinski definition) is 1. The van der Waals surface area contributed by atoms with E-state index in [1.807, 2.05) is 19.1 Å². The van der Waals surface area contributed by atoms with Crippen LogP contribution in [0.4, 0.5) is 0 Å². The molecular weight excluding hydrogens is 200 g/mol. The van der Waals surface area contributed by atoms with E-state index >= 15 is 0 Å². The molecule has 1 rings (SSSR count). The fraction of sp³-hybridized carbons (Fsp3) is 0.714. The van der Waals surface area contributed by atoms with Crippen LogP contribution in [0, 0.1) is 6.92 Å². The van der Waals surface area contributed by atoms with Crippen LogP contribution in [0.3, 0.4) is 0 Å². The molecule has 0 radical (unpaired) electrons. The summed E-state index contributed by atoms with van der Waals surface area (Å²) in [7, 11) is 0. The fourth-order valence-corrected chi connectivity index (χ4v) is 1.89. The van der Waals surface area contributed by atoms with Gasteiger partial charge in [0, 0.05) is 0 Å². The van der Waals surface area contributed by atoms with Crippen molar-refractivity contribution in [2.24, 2.45) is 0 Å². The zero-order chi connectivity index (χ0) is 11.8. The van der Waals surface area contributed by atoms with Crippen molar-refractivity contribution in [2.75, 3.05) is 0 Å². The Kier molecular flexibility index (Phi) is 6.24. The number of rotatable bonds is 8. The Morgan fingerprint density at radius 1 is 1.12 bits per heavy atom. The SMILES string of the molecule is CCCCCCCCC(O)c1ccc(C)o1. The molecule has 0 saturated carbocycles. The molecule has 0 spiro atoms. The zero-order valence-corrected chi connectivity index (χ0v) is 10.5. The van der Waals surface area contributed by atoms with Gasteiger partial charge in [0.15, 0.2) is 0 Å². The van der Waals surface area contributed by atoms with Crippen molar-refractivity contribution in [2.45, 2.75) is 64.9 Å². The highest BCUT2D eigenvalue weighted by Gasteiger charge is 2.10. The predicted octanol–water partition coefficient (Wildman–Crippen LogP) is 4.37. The van der Waals surface area contributed by atoms with Crippen LogP contribution in [-0.2, 0) is 0 Å². The first kappa shape index (κ1) is 13.3. The van der Waals surface area contributed by atoms with Crippen LogP contribution in [0.25, 0.3) is 0 Å². The van der Waals surface area contributed by atoms with Crippen LogP contribution >= 0.6 is 0 Å². The smallest absolute Gasteiger partial charge is 0.132 e. The van der Waals surface area contributed by atoms with Crippen LogP contribution in [0.5, 0.6) is 0 Å². The Bertz CT molecular complexity index is 278. The Hall–Kier alpha value is -0.760. The molecule has 0 aliphatic rings. The molecule has 1 atom stereocenters. The summed E-state index contributed by atoms with van der Waals surface area (Å²) >= 11 is 0. The highest BCUT2D eigenvalue weighted by Crippen LogP contribution is 2.21. The number of unbranched alkanes of at least 4 members (excludes halogenated alkanes) is 5. The van der Waals surface area contributed by atoms with Crippen molar-refractivity contribution in [1.29, 1.82) is 0 Å². The van der Waals surface area contributed by atoms with Crippen LogP contribution in [0.15, 0.2) is 16.5 Å². The Labute approximate surface area is 98.7 Å². The average Bonchev–Trinajstić information content (AvgIpc) is 2.70. The normalized spacial score (nSPS) is 12.9. The lowest BCUT2D eigenvalue weighted by Crippen LogP contribution is -1.95. The molecule has 1 N–H and O–H groups in total. The monoisotopic (exact) mass is 224 g/mol. The van der Waals surface area contributed by atoms with E-state index in [-0.39, 0.29) is 0 Å². The van der Waals surface area contributed by atoms with Crippen molar-refractivity contribution in [3.8, 4) is 0 Å². The summed E-state index contributed by atoms with van der Waals surface area (Å²) in [6.45, 7) is 4.13. The molecule has 0 aromatic carbocycles. The van der Waals surface area contributed by atoms with Crippen LogP contribution in [-0.4, -0.2) is 5.11 Å². The lowest BCUT2D eigenvalue weighted by molar-refractivity contribution is 0.135. The van der Waals surface area contributed by atoms with Gasteiger partial charge in [0.1, 0.15) is 17.6 Å². The first-order valence-electron chi connectivity index (χ1n) is 6.48. The molecular formula is C14H24O2. The standard InChI is InChI=1S/C14H24O2/c1-3-4-5-6-7-8-9-13(15)14-11-10-12(2)16-14/h10-11,13,15H,3-9H2,1-2H3. The lowest BCUT2D eigenvalue weighted by Gasteiger charge is -2.07. The molecule has 92 valence electrons. The summed E-state index contributed by atoms with van der Waals surface area (Å²) in [6.07, 6.45) is 7.94. The van der Waals surface area contributed by atoms with Gasteiger partial charge in [-0.15, -0.1) is 0 Å². The van der Waals surface area contributed by atoms with E-state index in [4.69, 9.17) is 4.42 Å². The quantitative estimate of drug-likeness (QED) is 0.665. The highest BCUT2D eigenvalue weighted by molar-refractivity contribution is 5.07. The molecule has 1 aromatic rings. The molecule has 0 saturated heterocycles. The van der Waals surface area contributed by atoms with Gasteiger partial charge in [0.2, 0.25) is 0 Å². The van der Waals surface area contributed by atoms with Gasteiger partial charge in [0.25, 0.3) is 0 Å². The predicted molar refractivity (Wildman–Crippen MR) is 66.4 cm³/mol. The number of aryl methyl sites for hydroxylation is 1. The van der Waals surface area contributed by atoms with Crippen molar-refractivity contribution in [1.82, 2.24) is 0 Å². The van der Waals surface area contributed by atoms with E-state index < -0.39 is 6.10 Å². The maximum atomic E-state index is 9.84. The molecule has 1 unspecified atom stereocenters. The van der Waals surface area contributed by atoms with Crippen LogP contribution < -0.4 is 0 Å². The first-order chi connectivity index (χ1) is 7.74. The molecule has 0 amide bonds. The van der Waals surface area contributed by atoms with Crippen molar-refractivity contribution >= 4 is 0 Å². The highest BCUT2D eigenvalue weighted by atomic mass is 16.4. The van der Waals surface area contributed by atoms with Gasteiger partial charge in [-0.05, 0) is 25.5 Å². The molecule has 1 heterocycles. The maximum absolute atomic E-state index is 9.84. The second-order valence-corrected chi connectivity index (χ2v) is 4.52. The second kappa shape index (κ2) is 7.50. The van der Waals surface area contributed by atoms with Gasteiger partial charge < -0.3 is 9.52 Å². The molecule has 2 heteroatoms. The van der Waals surface area contributed by atoms with E-state index in [2.05, 4.69) is 6.92 Å². The van der Waals surface area contributed by atoms with Gasteiger partial charge >= 0.3 is 0 Å². The van der Waals surface area contributed by atoms with Crippen molar-refractivity contribution in [3.05, 3.63) is 23.7 Å². The van der Waals surface area contributed by atoms with E-state index in [1.165, 1.54) is 32.1 Å². The van der Waals surface area contributed by atoms with Crippen LogP contribution in [0.1, 0.15) is 69.5 Å². The topological polar surface area (TPSA) is 33.4 Å². The van der Waals surface area contributed by atoms with Gasteiger partial charge in [-0.3, -0.25) is 0 Å². The summed E-state index contributed by atoms with van der Waals surface area (Å²) in [5, 5.41) is 9.84. The third kappa shape index (κ3) is 4.84. The minimum Gasteiger partial charge on any atom is -0.464 e. The Morgan fingerprint density at radius 3 is 2.44 bits per heavy atom. The van der Waals surface area contributed by atoms with Gasteiger partial charge in [-0.25, -0.2) is 0 Å². The van der Waals surface area contributed by atoms with E-state index in [9.17, 15) is 5.11 Å². The second-order valence-electron chi connectivity index (χ2n) is 4.52. The summed E-state index contributed by atoms with van der Waals surface area (Å²) in [5.74, 6) is 1.59. The molecule has 1 aromatic heterocycles. The number of aliphatic hydroxyl groups is 1. The first-order valence-corrected chi connectivity index (χ1v) is 6.48. The van der Waals surface area contributed by atoms with Crippen LogP contribution in [0.2, 0.25) is 0 Å². The number of hydrogen-bond acceptors (Lipinski definition) is 2. The number of furan rings is 1. The minimum absolute atomic E-state index is 0.417. The van der Waals surface area contributed by atoms with Crippen molar-refractivity contribution < 1.29 is 9.52 Å². The molecule has 0 aliphatic heterocycles. The average molecular weight is 224 g/mol. The fourth-order valence-electron chi connectivity index (χ4n) is 1.89. The summed E-state index contributed by atoms with van der Waals surface area (Å²) in [5.41, 5.74) is 0. The third-order valence-corrected chi connectivity index (χ3v) is 2.92. The lowest BCUT2D eigenvalue weighted by atomic mass is 10.1. The Morgan fingerprint density at radius 2 is 1.81 bits per heavy atom. The summed E-state index contributed by atoms with van der Waals surface area (Å²) in [6, 6.07) is 3.77. The molecule has 0 aliphatic carbocycles. The third-order valence-electron chi connectivity index (χ3n) is 2.92.